The Hall–Kier alpha value is -6.38. The number of rotatable bonds is 4. The molecule has 0 spiro atoms. The van der Waals surface area contributed by atoms with E-state index in [2.05, 4.69) is 191 Å². The summed E-state index contributed by atoms with van der Waals surface area (Å²) in [6, 6.07) is 66.2. The van der Waals surface area contributed by atoms with Gasteiger partial charge in [0.05, 0.1) is 27.8 Å². The van der Waals surface area contributed by atoms with E-state index in [1.807, 2.05) is 0 Å². The minimum absolute atomic E-state index is 1.18. The number of para-hydroxylation sites is 3. The van der Waals surface area contributed by atoms with Crippen molar-refractivity contribution in [3.05, 3.63) is 182 Å². The van der Waals surface area contributed by atoms with Gasteiger partial charge in [-0.2, -0.15) is 0 Å². The van der Waals surface area contributed by atoms with Crippen molar-refractivity contribution in [1.82, 2.24) is 9.13 Å². The molecule has 0 bridgehead atoms. The van der Waals surface area contributed by atoms with Gasteiger partial charge in [-0.25, -0.2) is 0 Å². The van der Waals surface area contributed by atoms with E-state index < -0.39 is 0 Å². The zero-order valence-electron chi connectivity index (χ0n) is 26.2. The smallest absolute Gasteiger partial charge is 0.0541 e. The highest BCUT2D eigenvalue weighted by Gasteiger charge is 2.18. The van der Waals surface area contributed by atoms with Gasteiger partial charge in [0.25, 0.3) is 0 Å². The summed E-state index contributed by atoms with van der Waals surface area (Å²) in [7, 11) is 0. The fourth-order valence-corrected chi connectivity index (χ4v) is 7.77. The lowest BCUT2D eigenvalue weighted by Gasteiger charge is -2.15. The van der Waals surface area contributed by atoms with Crippen LogP contribution in [0.4, 0.5) is 0 Å². The second-order valence-corrected chi connectivity index (χ2v) is 12.5. The molecular weight excluding hydrogens is 581 g/mol. The second kappa shape index (κ2) is 10.6. The normalized spacial score (nSPS) is 11.8. The molecule has 10 aromatic rings. The molecule has 0 saturated heterocycles. The van der Waals surface area contributed by atoms with Crippen LogP contribution in [-0.4, -0.2) is 9.13 Å². The molecule has 2 aromatic heterocycles. The van der Waals surface area contributed by atoms with Crippen LogP contribution >= 0.6 is 0 Å². The van der Waals surface area contributed by atoms with Gasteiger partial charge in [-0.15, -0.1) is 0 Å². The molecule has 0 N–H and O–H groups in total. The zero-order valence-corrected chi connectivity index (χ0v) is 26.2. The highest BCUT2D eigenvalue weighted by molar-refractivity contribution is 6.14. The summed E-state index contributed by atoms with van der Waals surface area (Å²) in [5.41, 5.74) is 12.1. The van der Waals surface area contributed by atoms with Crippen molar-refractivity contribution in [1.29, 1.82) is 0 Å². The minimum Gasteiger partial charge on any atom is -0.309 e. The molecule has 2 heteroatoms. The van der Waals surface area contributed by atoms with E-state index >= 15 is 0 Å². The fourth-order valence-electron chi connectivity index (χ4n) is 7.77. The SMILES string of the molecule is c1ccc(-c2ccc(-n3c4ccccc4c4cc(-c5ccc6c(c5)c5ccccc5n6-c5ccccc5)ccc43)c3ccccc23)cc1. The molecule has 8 aromatic carbocycles. The average molecular weight is 611 g/mol. The summed E-state index contributed by atoms with van der Waals surface area (Å²) >= 11 is 0. The summed E-state index contributed by atoms with van der Waals surface area (Å²) in [5, 5.41) is 7.54. The Kier molecular flexibility index (Phi) is 5.91. The highest BCUT2D eigenvalue weighted by Crippen LogP contribution is 2.40. The van der Waals surface area contributed by atoms with Crippen LogP contribution in [0, 0.1) is 0 Å². The van der Waals surface area contributed by atoms with E-state index in [1.54, 1.807) is 0 Å². The Morgan fingerprint density at radius 1 is 0.271 bits per heavy atom. The van der Waals surface area contributed by atoms with Crippen molar-refractivity contribution in [2.75, 3.05) is 0 Å². The van der Waals surface area contributed by atoms with Crippen molar-refractivity contribution >= 4 is 54.4 Å². The Labute approximate surface area is 278 Å². The van der Waals surface area contributed by atoms with Crippen molar-refractivity contribution < 1.29 is 0 Å². The van der Waals surface area contributed by atoms with Crippen molar-refractivity contribution in [2.45, 2.75) is 0 Å². The first kappa shape index (κ1) is 26.8. The quantitative estimate of drug-likeness (QED) is 0.188. The number of nitrogens with zero attached hydrogens (tertiary/aromatic N) is 2. The van der Waals surface area contributed by atoms with Gasteiger partial charge in [-0.1, -0.05) is 127 Å². The van der Waals surface area contributed by atoms with Gasteiger partial charge in [0.1, 0.15) is 0 Å². The fraction of sp³-hybridized carbons (Fsp3) is 0. The molecule has 0 radical (unpaired) electrons. The number of benzene rings is 8. The van der Waals surface area contributed by atoms with Crippen molar-refractivity contribution in [3.8, 4) is 33.6 Å². The molecule has 0 fully saturated rings. The lowest BCUT2D eigenvalue weighted by Crippen LogP contribution is -1.96. The summed E-state index contributed by atoms with van der Waals surface area (Å²) in [5.74, 6) is 0. The molecule has 224 valence electrons. The predicted octanol–water partition coefficient (Wildman–Crippen LogP) is 12.4. The van der Waals surface area contributed by atoms with Crippen LogP contribution in [0.1, 0.15) is 0 Å². The molecule has 2 nitrogen and oxygen atoms in total. The first-order chi connectivity index (χ1) is 23.8. The summed E-state index contributed by atoms with van der Waals surface area (Å²) in [4.78, 5) is 0. The Bertz CT molecular complexity index is 2820. The monoisotopic (exact) mass is 610 g/mol. The van der Waals surface area contributed by atoms with Crippen LogP contribution in [0.5, 0.6) is 0 Å². The third kappa shape index (κ3) is 4.00. The van der Waals surface area contributed by atoms with E-state index in [9.17, 15) is 0 Å². The van der Waals surface area contributed by atoms with Crippen molar-refractivity contribution in [3.63, 3.8) is 0 Å². The maximum atomic E-state index is 2.45. The predicted molar refractivity (Wildman–Crippen MR) is 203 cm³/mol. The van der Waals surface area contributed by atoms with Crippen LogP contribution in [0.25, 0.3) is 88.0 Å². The van der Waals surface area contributed by atoms with Crippen LogP contribution in [0.2, 0.25) is 0 Å². The molecule has 48 heavy (non-hydrogen) atoms. The first-order valence-corrected chi connectivity index (χ1v) is 16.5. The van der Waals surface area contributed by atoms with Crippen LogP contribution in [0.3, 0.4) is 0 Å². The standard InChI is InChI=1S/C46H30N2/c1-3-13-31(14-4-1)35-25-28-44(37-18-8-7-17-36(35)37)48-43-22-12-10-20-39(43)41-30-33(24-27-46(41)48)32-23-26-45-40(29-32)38-19-9-11-21-42(38)47(45)34-15-5-2-6-16-34/h1-30H. The lowest BCUT2D eigenvalue weighted by atomic mass is 9.97. The molecule has 10 rings (SSSR count). The maximum absolute atomic E-state index is 2.45. The third-order valence-corrected chi connectivity index (χ3v) is 9.92. The molecule has 0 amide bonds. The van der Waals surface area contributed by atoms with Gasteiger partial charge in [0.15, 0.2) is 0 Å². The largest absolute Gasteiger partial charge is 0.309 e. The van der Waals surface area contributed by atoms with E-state index in [-0.39, 0.29) is 0 Å². The molecule has 0 atom stereocenters. The molecule has 0 aliphatic rings. The van der Waals surface area contributed by atoms with E-state index in [0.717, 1.165) is 0 Å². The molecule has 0 unspecified atom stereocenters. The first-order valence-electron chi connectivity index (χ1n) is 16.5. The Morgan fingerprint density at radius 3 is 1.40 bits per heavy atom. The third-order valence-electron chi connectivity index (χ3n) is 9.92. The number of hydrogen-bond acceptors (Lipinski definition) is 0. The Morgan fingerprint density at radius 2 is 0.750 bits per heavy atom. The van der Waals surface area contributed by atoms with Crippen LogP contribution in [0.15, 0.2) is 182 Å². The van der Waals surface area contributed by atoms with E-state index in [0.29, 0.717) is 0 Å². The van der Waals surface area contributed by atoms with E-state index in [4.69, 9.17) is 0 Å². The molecule has 0 aliphatic carbocycles. The molecule has 0 aliphatic heterocycles. The maximum Gasteiger partial charge on any atom is 0.0541 e. The van der Waals surface area contributed by atoms with Gasteiger partial charge in [0.2, 0.25) is 0 Å². The van der Waals surface area contributed by atoms with E-state index in [1.165, 1.54) is 88.0 Å². The summed E-state index contributed by atoms with van der Waals surface area (Å²) in [6.07, 6.45) is 0. The lowest BCUT2D eigenvalue weighted by molar-refractivity contribution is 1.18. The van der Waals surface area contributed by atoms with Crippen LogP contribution < -0.4 is 0 Å². The van der Waals surface area contributed by atoms with Gasteiger partial charge in [-0.3, -0.25) is 0 Å². The topological polar surface area (TPSA) is 9.86 Å². The number of fused-ring (bicyclic) bond motifs is 7. The average Bonchev–Trinajstić information content (AvgIpc) is 3.67. The molecule has 0 saturated carbocycles. The van der Waals surface area contributed by atoms with Crippen LogP contribution in [-0.2, 0) is 0 Å². The summed E-state index contributed by atoms with van der Waals surface area (Å²) in [6.45, 7) is 0. The van der Waals surface area contributed by atoms with Gasteiger partial charge < -0.3 is 9.13 Å². The second-order valence-electron chi connectivity index (χ2n) is 12.5. The number of aromatic nitrogens is 2. The number of hydrogen-bond donors (Lipinski definition) is 0. The van der Waals surface area contributed by atoms with Gasteiger partial charge >= 0.3 is 0 Å². The van der Waals surface area contributed by atoms with Gasteiger partial charge in [0, 0.05) is 32.6 Å². The Balaban J connectivity index is 1.18. The highest BCUT2D eigenvalue weighted by atomic mass is 15.0. The van der Waals surface area contributed by atoms with Crippen molar-refractivity contribution in [2.24, 2.45) is 0 Å². The summed E-state index contributed by atoms with van der Waals surface area (Å²) < 4.78 is 4.82. The molecule has 2 heterocycles. The van der Waals surface area contributed by atoms with Gasteiger partial charge in [-0.05, 0) is 82.2 Å². The minimum atomic E-state index is 1.18. The molecular formula is C46H30N2. The zero-order chi connectivity index (χ0) is 31.6.